The second kappa shape index (κ2) is 8.86. The van der Waals surface area contributed by atoms with Gasteiger partial charge in [0.25, 0.3) is 5.91 Å². The van der Waals surface area contributed by atoms with Crippen molar-refractivity contribution in [2.45, 2.75) is 26.2 Å². The Morgan fingerprint density at radius 1 is 1.10 bits per heavy atom. The number of hydrogen-bond acceptors (Lipinski definition) is 4. The summed E-state index contributed by atoms with van der Waals surface area (Å²) in [4.78, 5) is 25.0. The van der Waals surface area contributed by atoms with Gasteiger partial charge in [-0.2, -0.15) is 0 Å². The van der Waals surface area contributed by atoms with Crippen LogP contribution in [-0.2, 0) is 22.4 Å². The summed E-state index contributed by atoms with van der Waals surface area (Å²) < 4.78 is 36.8. The van der Waals surface area contributed by atoms with Crippen molar-refractivity contribution in [3.8, 4) is 5.75 Å². The summed E-state index contributed by atoms with van der Waals surface area (Å²) in [5.41, 5.74) is 2.08. The van der Waals surface area contributed by atoms with Crippen molar-refractivity contribution in [3.63, 3.8) is 0 Å². The summed E-state index contributed by atoms with van der Waals surface area (Å²) in [6.45, 7) is 2.00. The van der Waals surface area contributed by atoms with Gasteiger partial charge in [-0.05, 0) is 48.4 Å². The third-order valence-electron chi connectivity index (χ3n) is 4.54. The van der Waals surface area contributed by atoms with Crippen molar-refractivity contribution in [1.82, 2.24) is 4.57 Å². The van der Waals surface area contributed by atoms with Gasteiger partial charge in [-0.1, -0.05) is 12.1 Å². The van der Waals surface area contributed by atoms with Gasteiger partial charge < -0.3 is 9.47 Å². The molecule has 0 atom stereocenters. The molecule has 0 N–H and O–H groups in total. The monoisotopic (exact) mass is 401 g/mol. The molecule has 0 spiro atoms. The predicted octanol–water partition coefficient (Wildman–Crippen LogP) is 4.25. The van der Waals surface area contributed by atoms with E-state index in [9.17, 15) is 18.4 Å². The number of carbonyl (C=O) groups is 2. The van der Waals surface area contributed by atoms with Crippen LogP contribution in [0.2, 0.25) is 0 Å². The van der Waals surface area contributed by atoms with Crippen molar-refractivity contribution in [3.05, 3.63) is 65.4 Å². The number of alkyl halides is 2. The number of rotatable bonds is 7. The van der Waals surface area contributed by atoms with Crippen molar-refractivity contribution in [1.29, 1.82) is 0 Å². The zero-order valence-electron chi connectivity index (χ0n) is 16.2. The molecule has 3 rings (SSSR count). The van der Waals surface area contributed by atoms with E-state index in [2.05, 4.69) is 0 Å². The minimum Gasteiger partial charge on any atom is -0.497 e. The molecule has 7 heteroatoms. The maximum absolute atomic E-state index is 13.0. The van der Waals surface area contributed by atoms with Crippen LogP contribution < -0.4 is 4.74 Å². The number of methoxy groups -OCH3 is 1. The quantitative estimate of drug-likeness (QED) is 0.556. The van der Waals surface area contributed by atoms with Crippen LogP contribution >= 0.6 is 0 Å². The Labute approximate surface area is 166 Å². The van der Waals surface area contributed by atoms with Gasteiger partial charge in [0, 0.05) is 23.6 Å². The van der Waals surface area contributed by atoms with Crippen LogP contribution in [0, 0.1) is 0 Å². The van der Waals surface area contributed by atoms with Crippen molar-refractivity contribution in [2.24, 2.45) is 0 Å². The average molecular weight is 401 g/mol. The van der Waals surface area contributed by atoms with Crippen LogP contribution in [0.4, 0.5) is 8.78 Å². The summed E-state index contributed by atoms with van der Waals surface area (Å²) >= 11 is 0. The largest absolute Gasteiger partial charge is 0.497 e. The highest BCUT2D eigenvalue weighted by atomic mass is 19.3. The first kappa shape index (κ1) is 20.5. The van der Waals surface area contributed by atoms with Gasteiger partial charge in [0.2, 0.25) is 6.43 Å². The molecule has 2 aromatic carbocycles. The predicted molar refractivity (Wildman–Crippen MR) is 105 cm³/mol. The fraction of sp³-hybridized carbons (Fsp3) is 0.273. The molecule has 0 saturated heterocycles. The fourth-order valence-electron chi connectivity index (χ4n) is 3.18. The van der Waals surface area contributed by atoms with Crippen LogP contribution in [0.3, 0.4) is 0 Å². The SMILES string of the molecule is CCOC(=O)Cc1cn(C(=O)c2ccc(CC(F)F)cc2)c2ccc(OC)cc12. The summed E-state index contributed by atoms with van der Waals surface area (Å²) in [6.07, 6.45) is -1.17. The molecular weight excluding hydrogens is 380 g/mol. The lowest BCUT2D eigenvalue weighted by atomic mass is 10.1. The molecule has 0 aliphatic heterocycles. The lowest BCUT2D eigenvalue weighted by molar-refractivity contribution is -0.142. The van der Waals surface area contributed by atoms with Crippen LogP contribution in [0.1, 0.15) is 28.4 Å². The Hall–Kier alpha value is -3.22. The first-order chi connectivity index (χ1) is 13.9. The molecule has 1 heterocycles. The molecular formula is C22H21F2NO4. The number of benzene rings is 2. The Morgan fingerprint density at radius 2 is 1.83 bits per heavy atom. The van der Waals surface area contributed by atoms with E-state index in [0.29, 0.717) is 33.3 Å². The number of esters is 1. The Kier molecular flexibility index (Phi) is 6.26. The lowest BCUT2D eigenvalue weighted by Crippen LogP contribution is -2.11. The smallest absolute Gasteiger partial charge is 0.310 e. The van der Waals surface area contributed by atoms with Gasteiger partial charge in [0.15, 0.2) is 0 Å². The van der Waals surface area contributed by atoms with Crippen LogP contribution in [0.15, 0.2) is 48.7 Å². The molecule has 0 amide bonds. The molecule has 3 aromatic rings. The number of fused-ring (bicyclic) bond motifs is 1. The van der Waals surface area contributed by atoms with Gasteiger partial charge in [0.05, 0.1) is 25.7 Å². The highest BCUT2D eigenvalue weighted by molar-refractivity contribution is 6.03. The van der Waals surface area contributed by atoms with E-state index >= 15 is 0 Å². The standard InChI is InChI=1S/C22H21F2NO4/c1-3-29-21(26)11-16-13-25(19-9-8-17(28-2)12-18(16)19)22(27)15-6-4-14(5-7-15)10-20(23)24/h4-9,12-13,20H,3,10-11H2,1-2H3. The van der Waals surface area contributed by atoms with Crippen LogP contribution in [0.5, 0.6) is 5.75 Å². The minimum absolute atomic E-state index is 0.0190. The lowest BCUT2D eigenvalue weighted by Gasteiger charge is -2.06. The van der Waals surface area contributed by atoms with E-state index in [-0.39, 0.29) is 25.4 Å². The first-order valence-corrected chi connectivity index (χ1v) is 9.18. The number of ether oxygens (including phenoxy) is 2. The summed E-state index contributed by atoms with van der Waals surface area (Å²) in [5.74, 6) is -0.110. The van der Waals surface area contributed by atoms with Gasteiger partial charge in [-0.15, -0.1) is 0 Å². The van der Waals surface area contributed by atoms with E-state index < -0.39 is 12.4 Å². The average Bonchev–Trinajstić information content (AvgIpc) is 3.05. The number of carbonyl (C=O) groups excluding carboxylic acids is 2. The van der Waals surface area contributed by atoms with E-state index in [4.69, 9.17) is 9.47 Å². The molecule has 0 fully saturated rings. The minimum atomic E-state index is -2.44. The van der Waals surface area contributed by atoms with E-state index in [1.807, 2.05) is 0 Å². The maximum Gasteiger partial charge on any atom is 0.310 e. The Bertz CT molecular complexity index is 1030. The van der Waals surface area contributed by atoms with E-state index in [0.717, 1.165) is 0 Å². The molecule has 0 radical (unpaired) electrons. The van der Waals surface area contributed by atoms with E-state index in [1.165, 1.54) is 35.9 Å². The van der Waals surface area contributed by atoms with Gasteiger partial charge in [0.1, 0.15) is 5.75 Å². The topological polar surface area (TPSA) is 57.5 Å². The number of aromatic nitrogens is 1. The highest BCUT2D eigenvalue weighted by Crippen LogP contribution is 2.27. The summed E-state index contributed by atoms with van der Waals surface area (Å²) in [7, 11) is 1.54. The molecule has 29 heavy (non-hydrogen) atoms. The molecule has 5 nitrogen and oxygen atoms in total. The second-order valence-corrected chi connectivity index (χ2v) is 6.49. The number of hydrogen-bond donors (Lipinski definition) is 0. The van der Waals surface area contributed by atoms with Crippen LogP contribution in [-0.4, -0.2) is 36.6 Å². The van der Waals surface area contributed by atoms with Crippen molar-refractivity contribution < 1.29 is 27.8 Å². The number of halogens is 2. The van der Waals surface area contributed by atoms with Crippen LogP contribution in [0.25, 0.3) is 10.9 Å². The molecule has 0 aliphatic carbocycles. The fourth-order valence-corrected chi connectivity index (χ4v) is 3.18. The van der Waals surface area contributed by atoms with Gasteiger partial charge in [-0.3, -0.25) is 14.2 Å². The molecule has 0 bridgehead atoms. The molecule has 152 valence electrons. The zero-order valence-corrected chi connectivity index (χ0v) is 16.2. The Morgan fingerprint density at radius 3 is 2.45 bits per heavy atom. The molecule has 0 unspecified atom stereocenters. The Balaban J connectivity index is 1.99. The van der Waals surface area contributed by atoms with Gasteiger partial charge >= 0.3 is 5.97 Å². The molecule has 0 aliphatic rings. The summed E-state index contributed by atoms with van der Waals surface area (Å²) in [5, 5.41) is 0.708. The third kappa shape index (κ3) is 4.62. The maximum atomic E-state index is 13.0. The van der Waals surface area contributed by atoms with Crippen molar-refractivity contribution >= 4 is 22.8 Å². The highest BCUT2D eigenvalue weighted by Gasteiger charge is 2.18. The molecule has 1 aromatic heterocycles. The first-order valence-electron chi connectivity index (χ1n) is 9.18. The second-order valence-electron chi connectivity index (χ2n) is 6.49. The van der Waals surface area contributed by atoms with Gasteiger partial charge in [-0.25, -0.2) is 8.78 Å². The molecule has 0 saturated carbocycles. The summed E-state index contributed by atoms with van der Waals surface area (Å²) in [6, 6.07) is 11.3. The normalized spacial score (nSPS) is 11.1. The van der Waals surface area contributed by atoms with Crippen molar-refractivity contribution in [2.75, 3.05) is 13.7 Å². The van der Waals surface area contributed by atoms with E-state index in [1.54, 1.807) is 31.3 Å². The zero-order chi connectivity index (χ0) is 21.0. The number of nitrogens with zero attached hydrogens (tertiary/aromatic N) is 1. The third-order valence-corrected chi connectivity index (χ3v) is 4.54.